The van der Waals surface area contributed by atoms with Crippen LogP contribution in [0, 0.1) is 13.8 Å². The number of allylic oxidation sites excluding steroid dienone is 1. The molecule has 0 radical (unpaired) electrons. The van der Waals surface area contributed by atoms with Gasteiger partial charge in [0.05, 0.1) is 16.7 Å². The van der Waals surface area contributed by atoms with Crippen LogP contribution in [0.15, 0.2) is 145 Å². The predicted molar refractivity (Wildman–Crippen MR) is 206 cm³/mol. The molecule has 2 aromatic heterocycles. The first-order valence-electron chi connectivity index (χ1n) is 17.1. The number of carbonyl (C=O) groups excluding carboxylic acids is 2. The standard InChI is InChI=1S/C46H30N2O2S/c1-27-13-17-29(18-14-27)48(30-19-15-28(2)16-20-30)31-21-22-37-40(24-31)46(39-12-6-5-8-33(39)36-11-7-23-47-45(36)46)41-26-32(51-44(37)41)25-38-42(49)34-9-3-4-10-35(34)43(38)50/h3-26H,1-2H3. The van der Waals surface area contributed by atoms with Crippen LogP contribution in [0.25, 0.3) is 27.6 Å². The Balaban J connectivity index is 1.22. The second-order valence-corrected chi connectivity index (χ2v) is 14.7. The van der Waals surface area contributed by atoms with Gasteiger partial charge in [-0.05, 0) is 96.3 Å². The molecule has 0 N–H and O–H groups in total. The van der Waals surface area contributed by atoms with E-state index in [4.69, 9.17) is 4.98 Å². The summed E-state index contributed by atoms with van der Waals surface area (Å²) in [6.45, 7) is 4.22. The van der Waals surface area contributed by atoms with Crippen molar-refractivity contribution in [2.75, 3.05) is 4.90 Å². The van der Waals surface area contributed by atoms with Gasteiger partial charge in [-0.3, -0.25) is 14.6 Å². The average Bonchev–Trinajstić information content (AvgIpc) is 3.86. The highest BCUT2D eigenvalue weighted by Crippen LogP contribution is 2.64. The maximum Gasteiger partial charge on any atom is 0.197 e. The zero-order chi connectivity index (χ0) is 34.4. The van der Waals surface area contributed by atoms with Crippen molar-refractivity contribution in [3.63, 3.8) is 0 Å². The first-order chi connectivity index (χ1) is 24.9. The normalized spacial score (nSPS) is 16.2. The lowest BCUT2D eigenvalue weighted by molar-refractivity contribution is 0.0990. The number of Topliss-reactive ketones (excluding diaryl/α,β-unsaturated/α-hetero) is 2. The van der Waals surface area contributed by atoms with Gasteiger partial charge in [0, 0.05) is 49.7 Å². The smallest absolute Gasteiger partial charge is 0.197 e. The lowest BCUT2D eigenvalue weighted by atomic mass is 9.72. The third-order valence-corrected chi connectivity index (χ3v) is 11.7. The van der Waals surface area contributed by atoms with Crippen LogP contribution in [0.1, 0.15) is 59.1 Å². The van der Waals surface area contributed by atoms with Crippen LogP contribution < -0.4 is 4.90 Å². The number of nitrogens with zero attached hydrogens (tertiary/aromatic N) is 2. The fraction of sp³-hybridized carbons (Fsp3) is 0.0652. The van der Waals surface area contributed by atoms with E-state index in [-0.39, 0.29) is 17.1 Å². The second-order valence-electron chi connectivity index (χ2n) is 13.6. The molecule has 3 aliphatic rings. The fourth-order valence-electron chi connectivity index (χ4n) is 8.30. The molecule has 0 aliphatic heterocycles. The third-order valence-electron chi connectivity index (χ3n) is 10.6. The second kappa shape index (κ2) is 10.9. The highest BCUT2D eigenvalue weighted by atomic mass is 32.1. The Morgan fingerprint density at radius 3 is 1.82 bits per heavy atom. The molecule has 4 nitrogen and oxygen atoms in total. The Morgan fingerprint density at radius 2 is 1.16 bits per heavy atom. The highest BCUT2D eigenvalue weighted by molar-refractivity contribution is 7.16. The lowest BCUT2D eigenvalue weighted by Gasteiger charge is -2.31. The molecule has 51 heavy (non-hydrogen) atoms. The largest absolute Gasteiger partial charge is 0.310 e. The Hall–Kier alpha value is -6.17. The predicted octanol–water partition coefficient (Wildman–Crippen LogP) is 11.0. The SMILES string of the molecule is Cc1ccc(N(c2ccc(C)cc2)c2ccc3c(c2)C2(c4ccccc4-c4cccnc42)c2cc(C=C4C(=O)c5ccccc5C4=O)sc2-3)cc1. The summed E-state index contributed by atoms with van der Waals surface area (Å²) in [5, 5.41) is 0. The fourth-order valence-corrected chi connectivity index (χ4v) is 9.50. The van der Waals surface area contributed by atoms with Crippen LogP contribution in [0.2, 0.25) is 0 Å². The minimum absolute atomic E-state index is 0.213. The van der Waals surface area contributed by atoms with Gasteiger partial charge in [0.25, 0.3) is 0 Å². The zero-order valence-corrected chi connectivity index (χ0v) is 28.8. The molecule has 1 spiro atoms. The van der Waals surface area contributed by atoms with E-state index < -0.39 is 5.41 Å². The molecule has 7 aromatic rings. The van der Waals surface area contributed by atoms with Crippen LogP contribution >= 0.6 is 11.3 Å². The molecule has 0 fully saturated rings. The van der Waals surface area contributed by atoms with Crippen LogP contribution in [0.5, 0.6) is 0 Å². The molecule has 0 saturated heterocycles. The van der Waals surface area contributed by atoms with Crippen LogP contribution in [0.3, 0.4) is 0 Å². The maximum atomic E-state index is 13.4. The number of aromatic nitrogens is 1. The Labute approximate surface area is 300 Å². The molecule has 0 bridgehead atoms. The summed E-state index contributed by atoms with van der Waals surface area (Å²) in [5.74, 6) is -0.427. The van der Waals surface area contributed by atoms with Crippen molar-refractivity contribution < 1.29 is 9.59 Å². The van der Waals surface area contributed by atoms with E-state index in [0.717, 1.165) is 49.2 Å². The Kier molecular flexibility index (Phi) is 6.36. The van der Waals surface area contributed by atoms with Gasteiger partial charge in [-0.25, -0.2) is 0 Å². The minimum atomic E-state index is -0.681. The highest BCUT2D eigenvalue weighted by Gasteiger charge is 2.54. The Morgan fingerprint density at radius 1 is 0.569 bits per heavy atom. The topological polar surface area (TPSA) is 50.3 Å². The summed E-state index contributed by atoms with van der Waals surface area (Å²) in [5.41, 5.74) is 14.0. The van der Waals surface area contributed by atoms with Gasteiger partial charge in [0.15, 0.2) is 11.6 Å². The summed E-state index contributed by atoms with van der Waals surface area (Å²) in [6.07, 6.45) is 3.69. The van der Waals surface area contributed by atoms with Gasteiger partial charge < -0.3 is 4.90 Å². The summed E-state index contributed by atoms with van der Waals surface area (Å²) >= 11 is 1.63. The molecule has 2 heterocycles. The molecule has 242 valence electrons. The Bertz CT molecular complexity index is 2520. The molecule has 10 rings (SSSR count). The zero-order valence-electron chi connectivity index (χ0n) is 28.0. The number of fused-ring (bicyclic) bond motifs is 11. The van der Waals surface area contributed by atoms with E-state index in [1.165, 1.54) is 27.8 Å². The molecule has 5 heteroatoms. The number of thiophene rings is 1. The molecule has 1 atom stereocenters. The van der Waals surface area contributed by atoms with Crippen LogP contribution in [-0.2, 0) is 5.41 Å². The van der Waals surface area contributed by atoms with E-state index in [1.54, 1.807) is 29.5 Å². The van der Waals surface area contributed by atoms with E-state index in [0.29, 0.717) is 11.1 Å². The molecule has 1 unspecified atom stereocenters. The summed E-state index contributed by atoms with van der Waals surface area (Å²) in [6, 6.07) is 46.2. The lowest BCUT2D eigenvalue weighted by Crippen LogP contribution is -2.27. The third kappa shape index (κ3) is 4.16. The van der Waals surface area contributed by atoms with Crippen molar-refractivity contribution in [2.24, 2.45) is 0 Å². The van der Waals surface area contributed by atoms with Gasteiger partial charge in [0.1, 0.15) is 0 Å². The summed E-state index contributed by atoms with van der Waals surface area (Å²) < 4.78 is 0. The summed E-state index contributed by atoms with van der Waals surface area (Å²) in [7, 11) is 0. The van der Waals surface area contributed by atoms with Gasteiger partial charge in [0.2, 0.25) is 0 Å². The van der Waals surface area contributed by atoms with E-state index >= 15 is 0 Å². The van der Waals surface area contributed by atoms with E-state index in [9.17, 15) is 9.59 Å². The minimum Gasteiger partial charge on any atom is -0.310 e. The number of aryl methyl sites for hydroxylation is 2. The van der Waals surface area contributed by atoms with Gasteiger partial charge >= 0.3 is 0 Å². The maximum absolute atomic E-state index is 13.4. The number of pyridine rings is 1. The quantitative estimate of drug-likeness (QED) is 0.138. The number of hydrogen-bond donors (Lipinski definition) is 0. The number of carbonyl (C=O) groups is 2. The molecular weight excluding hydrogens is 645 g/mol. The number of benzene rings is 5. The van der Waals surface area contributed by atoms with E-state index in [2.05, 4.69) is 122 Å². The molecule has 3 aliphatic carbocycles. The molecule has 0 amide bonds. The van der Waals surface area contributed by atoms with Crippen LogP contribution in [0.4, 0.5) is 17.1 Å². The van der Waals surface area contributed by atoms with E-state index in [1.807, 2.05) is 24.4 Å². The molecular formula is C46H30N2O2S. The first kappa shape index (κ1) is 29.7. The number of ketones is 2. The van der Waals surface area contributed by atoms with Crippen molar-refractivity contribution in [3.8, 4) is 21.6 Å². The number of anilines is 3. The number of hydrogen-bond acceptors (Lipinski definition) is 5. The monoisotopic (exact) mass is 674 g/mol. The average molecular weight is 675 g/mol. The van der Waals surface area contributed by atoms with Crippen molar-refractivity contribution in [1.29, 1.82) is 0 Å². The first-order valence-corrected chi connectivity index (χ1v) is 17.9. The number of rotatable bonds is 4. The van der Waals surface area contributed by atoms with Gasteiger partial charge in [-0.15, -0.1) is 11.3 Å². The van der Waals surface area contributed by atoms with Gasteiger partial charge in [-0.2, -0.15) is 0 Å². The molecule has 0 saturated carbocycles. The van der Waals surface area contributed by atoms with Crippen molar-refractivity contribution in [2.45, 2.75) is 19.3 Å². The molecule has 5 aromatic carbocycles. The summed E-state index contributed by atoms with van der Waals surface area (Å²) in [4.78, 5) is 36.3. The van der Waals surface area contributed by atoms with Crippen molar-refractivity contribution >= 4 is 46.0 Å². The van der Waals surface area contributed by atoms with Gasteiger partial charge in [-0.1, -0.05) is 96.1 Å². The van der Waals surface area contributed by atoms with Crippen molar-refractivity contribution in [1.82, 2.24) is 4.98 Å². The van der Waals surface area contributed by atoms with Crippen LogP contribution in [-0.4, -0.2) is 16.6 Å². The van der Waals surface area contributed by atoms with Crippen molar-refractivity contribution in [3.05, 3.63) is 195 Å².